The first kappa shape index (κ1) is 14.6. The summed E-state index contributed by atoms with van der Waals surface area (Å²) in [6.07, 6.45) is 0. The van der Waals surface area contributed by atoms with E-state index in [1.807, 2.05) is 13.8 Å². The van der Waals surface area contributed by atoms with Gasteiger partial charge < -0.3 is 10.1 Å². The Hall–Kier alpha value is -0.353. The predicted molar refractivity (Wildman–Crippen MR) is 66.6 cm³/mol. The van der Waals surface area contributed by atoms with Crippen molar-refractivity contribution in [3.05, 3.63) is 0 Å². The summed E-state index contributed by atoms with van der Waals surface area (Å²) < 4.78 is 0. The molecule has 1 atom stereocenters. The molecule has 0 rings (SSSR count). The maximum Gasteiger partial charge on any atom is 0.320 e. The van der Waals surface area contributed by atoms with Crippen molar-refractivity contribution < 1.29 is 9.90 Å². The quantitative estimate of drug-likeness (QED) is 0.731. The third-order valence-electron chi connectivity index (χ3n) is 3.32. The second kappa shape index (κ2) is 4.66. The van der Waals surface area contributed by atoms with Gasteiger partial charge in [0, 0.05) is 0 Å². The first-order valence-corrected chi connectivity index (χ1v) is 8.49. The second-order valence-corrected chi connectivity index (χ2v) is 11.1. The average Bonchev–Trinajstić information content (AvgIpc) is 1.96. The van der Waals surface area contributed by atoms with Gasteiger partial charge in [-0.25, -0.2) is 0 Å². The van der Waals surface area contributed by atoms with Crippen molar-refractivity contribution in [2.24, 2.45) is 5.92 Å². The van der Waals surface area contributed by atoms with Crippen molar-refractivity contribution in [2.75, 3.05) is 0 Å². The highest BCUT2D eigenvalue weighted by atomic mass is 28.3. The number of hydrogen-bond donors (Lipinski definition) is 2. The molecule has 0 aliphatic heterocycles. The minimum absolute atomic E-state index is 0.122. The number of carboxylic acid groups (broad SMARTS) is 1. The molecular formula is C11H25NO2Si. The highest BCUT2D eigenvalue weighted by molar-refractivity contribution is 6.78. The molecule has 0 saturated carbocycles. The van der Waals surface area contributed by atoms with E-state index < -0.39 is 20.2 Å². The third-order valence-corrected chi connectivity index (χ3v) is 8.11. The fraction of sp³-hybridized carbons (Fsp3) is 0.909. The summed E-state index contributed by atoms with van der Waals surface area (Å²) in [4.78, 5) is 14.5. The van der Waals surface area contributed by atoms with Crippen molar-refractivity contribution in [3.63, 3.8) is 0 Å². The summed E-state index contributed by atoms with van der Waals surface area (Å²) in [5.74, 6) is -0.619. The van der Waals surface area contributed by atoms with Gasteiger partial charge in [0.1, 0.15) is 14.3 Å². The topological polar surface area (TPSA) is 49.3 Å². The zero-order chi connectivity index (χ0) is 12.4. The van der Waals surface area contributed by atoms with Crippen LogP contribution in [0, 0.1) is 5.92 Å². The van der Waals surface area contributed by atoms with Crippen LogP contribution in [0.15, 0.2) is 0 Å². The Labute approximate surface area is 94.4 Å². The highest BCUT2D eigenvalue weighted by Crippen LogP contribution is 2.34. The molecule has 0 aromatic heterocycles. The van der Waals surface area contributed by atoms with Crippen LogP contribution in [-0.2, 0) is 4.79 Å². The predicted octanol–water partition coefficient (Wildman–Crippen LogP) is 2.69. The summed E-state index contributed by atoms with van der Waals surface area (Å²) >= 11 is 0. The monoisotopic (exact) mass is 231 g/mol. The lowest BCUT2D eigenvalue weighted by atomic mass is 10.1. The van der Waals surface area contributed by atoms with Gasteiger partial charge in [0.25, 0.3) is 0 Å². The Morgan fingerprint density at radius 2 is 1.67 bits per heavy atom. The van der Waals surface area contributed by atoms with Gasteiger partial charge in [0.15, 0.2) is 0 Å². The van der Waals surface area contributed by atoms with Gasteiger partial charge in [0.2, 0.25) is 0 Å². The van der Waals surface area contributed by atoms with Gasteiger partial charge in [-0.05, 0) is 11.0 Å². The maximum absolute atomic E-state index is 11.1. The Morgan fingerprint density at radius 3 is 1.87 bits per heavy atom. The zero-order valence-corrected chi connectivity index (χ0v) is 12.0. The molecule has 0 unspecified atom stereocenters. The van der Waals surface area contributed by atoms with Gasteiger partial charge in [-0.3, -0.25) is 4.79 Å². The molecule has 0 aliphatic carbocycles. The molecule has 0 aliphatic rings. The van der Waals surface area contributed by atoms with E-state index >= 15 is 0 Å². The van der Waals surface area contributed by atoms with E-state index in [9.17, 15) is 4.79 Å². The Kier molecular flexibility index (Phi) is 4.55. The molecule has 0 radical (unpaired) electrons. The summed E-state index contributed by atoms with van der Waals surface area (Å²) in [6.45, 7) is 14.8. The lowest BCUT2D eigenvalue weighted by Crippen LogP contribution is -2.59. The SMILES string of the molecule is CC(C)[C@H](N[Si](C)(C)C(C)(C)C)C(=O)O. The number of carboxylic acids is 1. The molecule has 0 aromatic carbocycles. The van der Waals surface area contributed by atoms with Crippen LogP contribution in [0.2, 0.25) is 18.1 Å². The van der Waals surface area contributed by atoms with Crippen LogP contribution >= 0.6 is 0 Å². The molecule has 0 spiro atoms. The van der Waals surface area contributed by atoms with Gasteiger partial charge >= 0.3 is 5.97 Å². The molecule has 3 nitrogen and oxygen atoms in total. The molecule has 0 heterocycles. The lowest BCUT2D eigenvalue weighted by molar-refractivity contribution is -0.140. The second-order valence-electron chi connectivity index (χ2n) is 6.08. The van der Waals surface area contributed by atoms with Crippen LogP contribution in [0.1, 0.15) is 34.6 Å². The van der Waals surface area contributed by atoms with Crippen LogP contribution in [0.25, 0.3) is 0 Å². The Morgan fingerprint density at radius 1 is 1.27 bits per heavy atom. The molecular weight excluding hydrogens is 206 g/mol. The van der Waals surface area contributed by atoms with Gasteiger partial charge in [0.05, 0.1) is 0 Å². The fourth-order valence-corrected chi connectivity index (χ4v) is 2.79. The van der Waals surface area contributed by atoms with E-state index in [2.05, 4.69) is 38.8 Å². The maximum atomic E-state index is 11.1. The smallest absolute Gasteiger partial charge is 0.320 e. The van der Waals surface area contributed by atoms with E-state index in [1.165, 1.54) is 0 Å². The molecule has 0 bridgehead atoms. The van der Waals surface area contributed by atoms with Gasteiger partial charge in [-0.2, -0.15) is 0 Å². The number of hydrogen-bond acceptors (Lipinski definition) is 2. The summed E-state index contributed by atoms with van der Waals surface area (Å²) in [5.41, 5.74) is 0. The van der Waals surface area contributed by atoms with Crippen molar-refractivity contribution in [2.45, 2.75) is 58.8 Å². The zero-order valence-electron chi connectivity index (χ0n) is 11.0. The number of rotatable bonds is 4. The standard InChI is InChI=1S/C11H25NO2Si/c1-8(2)9(10(13)14)12-15(6,7)11(3,4)5/h8-9,12H,1-7H3,(H,13,14)/t9-/m0/s1. The lowest BCUT2D eigenvalue weighted by Gasteiger charge is -2.40. The van der Waals surface area contributed by atoms with E-state index in [0.29, 0.717) is 0 Å². The van der Waals surface area contributed by atoms with Crippen molar-refractivity contribution in [3.8, 4) is 0 Å². The molecule has 0 amide bonds. The van der Waals surface area contributed by atoms with Crippen LogP contribution in [0.3, 0.4) is 0 Å². The van der Waals surface area contributed by atoms with E-state index in [-0.39, 0.29) is 11.0 Å². The molecule has 15 heavy (non-hydrogen) atoms. The Bertz CT molecular complexity index is 231. The van der Waals surface area contributed by atoms with Crippen LogP contribution in [0.5, 0.6) is 0 Å². The van der Waals surface area contributed by atoms with Crippen molar-refractivity contribution >= 4 is 14.2 Å². The molecule has 2 N–H and O–H groups in total. The summed E-state index contributed by atoms with van der Waals surface area (Å²) in [7, 11) is -1.72. The first-order valence-electron chi connectivity index (χ1n) is 5.49. The Balaban J connectivity index is 4.75. The van der Waals surface area contributed by atoms with Gasteiger partial charge in [-0.1, -0.05) is 47.7 Å². The number of aliphatic carboxylic acids is 1. The normalized spacial score (nSPS) is 15.5. The minimum atomic E-state index is -1.72. The van der Waals surface area contributed by atoms with Gasteiger partial charge in [-0.15, -0.1) is 0 Å². The summed E-state index contributed by atoms with van der Waals surface area (Å²) in [6, 6.07) is -0.425. The third kappa shape index (κ3) is 3.95. The number of carbonyl (C=O) groups is 1. The highest BCUT2D eigenvalue weighted by Gasteiger charge is 2.39. The molecule has 0 fully saturated rings. The van der Waals surface area contributed by atoms with Crippen LogP contribution in [0.4, 0.5) is 0 Å². The van der Waals surface area contributed by atoms with E-state index in [4.69, 9.17) is 5.11 Å². The molecule has 0 saturated heterocycles. The van der Waals surface area contributed by atoms with Crippen molar-refractivity contribution in [1.82, 2.24) is 4.98 Å². The molecule has 4 heteroatoms. The minimum Gasteiger partial charge on any atom is -0.480 e. The number of nitrogens with one attached hydrogen (secondary N) is 1. The summed E-state index contributed by atoms with van der Waals surface area (Å²) in [5, 5.41) is 9.29. The van der Waals surface area contributed by atoms with Crippen LogP contribution in [-0.4, -0.2) is 25.4 Å². The van der Waals surface area contributed by atoms with E-state index in [1.54, 1.807) is 0 Å². The van der Waals surface area contributed by atoms with Crippen LogP contribution < -0.4 is 4.98 Å². The fourth-order valence-electron chi connectivity index (χ4n) is 1.12. The largest absolute Gasteiger partial charge is 0.480 e. The first-order chi connectivity index (χ1) is 6.49. The average molecular weight is 231 g/mol. The van der Waals surface area contributed by atoms with Crippen molar-refractivity contribution in [1.29, 1.82) is 0 Å². The molecule has 90 valence electrons. The van der Waals surface area contributed by atoms with E-state index in [0.717, 1.165) is 0 Å². The molecule has 0 aromatic rings.